The first-order valence-corrected chi connectivity index (χ1v) is 17.0. The van der Waals surface area contributed by atoms with Crippen molar-refractivity contribution in [2.24, 2.45) is 0 Å². The van der Waals surface area contributed by atoms with Crippen LogP contribution in [0.25, 0.3) is 105 Å². The van der Waals surface area contributed by atoms with Gasteiger partial charge in [-0.15, -0.1) is 0 Å². The van der Waals surface area contributed by atoms with Gasteiger partial charge in [0, 0.05) is 32.5 Å². The number of fused-ring (bicyclic) bond motifs is 11. The topological polar surface area (TPSA) is 60.7 Å². The molecule has 0 atom stereocenters. The molecule has 0 bridgehead atoms. The van der Waals surface area contributed by atoms with E-state index in [2.05, 4.69) is 83.3 Å². The van der Waals surface area contributed by atoms with Crippen LogP contribution in [0.15, 0.2) is 171 Å². The van der Waals surface area contributed by atoms with Crippen molar-refractivity contribution in [1.82, 2.24) is 9.38 Å². The summed E-state index contributed by atoms with van der Waals surface area (Å²) in [6.45, 7) is 0. The van der Waals surface area contributed by atoms with Crippen molar-refractivity contribution in [3.05, 3.63) is 168 Å². The van der Waals surface area contributed by atoms with E-state index in [1.807, 2.05) is 78.9 Å². The highest BCUT2D eigenvalue weighted by Crippen LogP contribution is 2.46. The van der Waals surface area contributed by atoms with Crippen LogP contribution in [-0.2, 0) is 0 Å². The Morgan fingerprint density at radius 1 is 0.451 bits per heavy atom. The summed E-state index contributed by atoms with van der Waals surface area (Å²) >= 11 is 0. The van der Waals surface area contributed by atoms with Gasteiger partial charge < -0.3 is 8.83 Å². The number of aromatic nitrogens is 2. The van der Waals surface area contributed by atoms with E-state index in [1.165, 1.54) is 0 Å². The zero-order chi connectivity index (χ0) is 33.6. The maximum atomic E-state index is 13.8. The molecule has 5 nitrogen and oxygen atoms in total. The maximum absolute atomic E-state index is 13.8. The van der Waals surface area contributed by atoms with Gasteiger partial charge >= 0.3 is 0 Å². The molecule has 238 valence electrons. The molecule has 0 N–H and O–H groups in total. The third kappa shape index (κ3) is 3.97. The fourth-order valence-electron chi connectivity index (χ4n) is 8.07. The van der Waals surface area contributed by atoms with Crippen LogP contribution in [0, 0.1) is 0 Å². The number of para-hydroxylation sites is 3. The van der Waals surface area contributed by atoms with Crippen LogP contribution in [0.3, 0.4) is 0 Å². The first kappa shape index (κ1) is 27.9. The Morgan fingerprint density at radius 2 is 1.04 bits per heavy atom. The summed E-state index contributed by atoms with van der Waals surface area (Å²) in [4.78, 5) is 18.7. The largest absolute Gasteiger partial charge is 0.456 e. The predicted molar refractivity (Wildman–Crippen MR) is 207 cm³/mol. The average Bonchev–Trinajstić information content (AvgIpc) is 3.77. The Morgan fingerprint density at radius 3 is 1.76 bits per heavy atom. The van der Waals surface area contributed by atoms with E-state index >= 15 is 0 Å². The van der Waals surface area contributed by atoms with Crippen molar-refractivity contribution < 1.29 is 8.83 Å². The SMILES string of the molecule is O=c1nc2c3cc(-c4cccc5oc6ccccc6c45)ccc3c(-c3cccc4oc5ccccc5c34)c(-c3ccccc3)n2c2ccccc12. The smallest absolute Gasteiger partial charge is 0.281 e. The first-order chi connectivity index (χ1) is 25.2. The molecule has 7 aromatic carbocycles. The van der Waals surface area contributed by atoms with Gasteiger partial charge in [0.15, 0.2) is 0 Å². The molecule has 0 radical (unpaired) electrons. The lowest BCUT2D eigenvalue weighted by atomic mass is 9.89. The molecule has 0 unspecified atom stereocenters. The van der Waals surface area contributed by atoms with Crippen molar-refractivity contribution in [3.63, 3.8) is 0 Å². The van der Waals surface area contributed by atoms with Crippen LogP contribution in [0.4, 0.5) is 0 Å². The van der Waals surface area contributed by atoms with Crippen molar-refractivity contribution >= 4 is 71.2 Å². The lowest BCUT2D eigenvalue weighted by Gasteiger charge is -2.21. The highest BCUT2D eigenvalue weighted by Gasteiger charge is 2.24. The number of hydrogen-bond donors (Lipinski definition) is 0. The summed E-state index contributed by atoms with van der Waals surface area (Å²) in [5, 5.41) is 6.64. The summed E-state index contributed by atoms with van der Waals surface area (Å²) in [6, 6.07) is 53.5. The van der Waals surface area contributed by atoms with Gasteiger partial charge in [0.1, 0.15) is 28.0 Å². The summed E-state index contributed by atoms with van der Waals surface area (Å²) < 4.78 is 14.9. The second-order valence-electron chi connectivity index (χ2n) is 13.0. The van der Waals surface area contributed by atoms with Gasteiger partial charge in [-0.1, -0.05) is 115 Å². The Balaban J connectivity index is 1.37. The third-order valence-corrected chi connectivity index (χ3v) is 10.2. The van der Waals surface area contributed by atoms with E-state index in [1.54, 1.807) is 0 Å². The highest BCUT2D eigenvalue weighted by molar-refractivity contribution is 6.20. The summed E-state index contributed by atoms with van der Waals surface area (Å²) in [6.07, 6.45) is 0. The van der Waals surface area contributed by atoms with Gasteiger partial charge in [-0.25, -0.2) is 0 Å². The minimum absolute atomic E-state index is 0.255. The molecule has 4 aromatic heterocycles. The molecule has 0 spiro atoms. The normalized spacial score (nSPS) is 12.0. The first-order valence-electron chi connectivity index (χ1n) is 17.0. The number of hydrogen-bond acceptors (Lipinski definition) is 4. The number of rotatable bonds is 3. The van der Waals surface area contributed by atoms with Crippen LogP contribution >= 0.6 is 0 Å². The molecule has 0 aliphatic heterocycles. The summed E-state index contributed by atoms with van der Waals surface area (Å²) in [5.41, 5.74) is 10.6. The summed E-state index contributed by atoms with van der Waals surface area (Å²) in [7, 11) is 0. The summed E-state index contributed by atoms with van der Waals surface area (Å²) in [5.74, 6) is 0. The Labute approximate surface area is 290 Å². The molecule has 51 heavy (non-hydrogen) atoms. The predicted octanol–water partition coefficient (Wildman–Crippen LogP) is 11.8. The second-order valence-corrected chi connectivity index (χ2v) is 13.0. The van der Waals surface area contributed by atoms with E-state index in [0.29, 0.717) is 11.0 Å². The number of benzene rings is 7. The van der Waals surface area contributed by atoms with Crippen LogP contribution in [0.2, 0.25) is 0 Å². The Kier molecular flexibility index (Phi) is 5.75. The molecule has 11 rings (SSSR count). The fourth-order valence-corrected chi connectivity index (χ4v) is 8.07. The number of furan rings is 2. The van der Waals surface area contributed by atoms with E-state index in [9.17, 15) is 4.79 Å². The van der Waals surface area contributed by atoms with Gasteiger partial charge in [0.25, 0.3) is 5.56 Å². The molecule has 5 heteroatoms. The zero-order valence-electron chi connectivity index (χ0n) is 27.1. The molecule has 0 aliphatic rings. The van der Waals surface area contributed by atoms with Crippen molar-refractivity contribution in [2.75, 3.05) is 0 Å². The minimum atomic E-state index is -0.255. The van der Waals surface area contributed by atoms with E-state index in [0.717, 1.165) is 93.7 Å². The number of pyridine rings is 1. The Hall–Kier alpha value is -6.98. The molecule has 0 saturated heterocycles. The minimum Gasteiger partial charge on any atom is -0.456 e. The van der Waals surface area contributed by atoms with Crippen molar-refractivity contribution in [2.45, 2.75) is 0 Å². The van der Waals surface area contributed by atoms with Crippen molar-refractivity contribution in [1.29, 1.82) is 0 Å². The standard InChI is InChI=1S/C46H26N2O3/c49-46-31-14-4-7-19-36(31)48-44(27-12-2-1-3-13-27)43(34-18-11-23-40-42(34)33-16-6-9-21-38(33)51-40)30-25-24-28(26-35(30)45(48)47-46)29-17-10-22-39-41(29)32-15-5-8-20-37(32)50-39/h1-26H. The van der Waals surface area contributed by atoms with Gasteiger partial charge in [0.05, 0.1) is 16.6 Å². The molecule has 11 aromatic rings. The third-order valence-electron chi connectivity index (χ3n) is 10.2. The van der Waals surface area contributed by atoms with Gasteiger partial charge in [-0.3, -0.25) is 9.20 Å². The van der Waals surface area contributed by atoms with Gasteiger partial charge in [-0.05, 0) is 70.1 Å². The van der Waals surface area contributed by atoms with Crippen LogP contribution in [0.1, 0.15) is 0 Å². The molecular weight excluding hydrogens is 629 g/mol. The lowest BCUT2D eigenvalue weighted by molar-refractivity contribution is 0.668. The molecule has 4 heterocycles. The molecule has 0 fully saturated rings. The van der Waals surface area contributed by atoms with Gasteiger partial charge in [0.2, 0.25) is 0 Å². The van der Waals surface area contributed by atoms with E-state index < -0.39 is 0 Å². The zero-order valence-corrected chi connectivity index (χ0v) is 27.1. The van der Waals surface area contributed by atoms with E-state index in [4.69, 9.17) is 13.8 Å². The van der Waals surface area contributed by atoms with Crippen molar-refractivity contribution in [3.8, 4) is 33.5 Å². The Bertz CT molecular complexity index is 3280. The molecule has 0 saturated carbocycles. The molecular formula is C46H26N2O3. The number of nitrogens with zero attached hydrogens (tertiary/aromatic N) is 2. The average molecular weight is 655 g/mol. The van der Waals surface area contributed by atoms with Crippen LogP contribution in [0.5, 0.6) is 0 Å². The highest BCUT2D eigenvalue weighted by atomic mass is 16.3. The van der Waals surface area contributed by atoms with Gasteiger partial charge in [-0.2, -0.15) is 4.98 Å². The molecule has 0 amide bonds. The fraction of sp³-hybridized carbons (Fsp3) is 0. The monoisotopic (exact) mass is 654 g/mol. The lowest BCUT2D eigenvalue weighted by Crippen LogP contribution is -2.13. The molecule has 0 aliphatic carbocycles. The van der Waals surface area contributed by atoms with Crippen LogP contribution in [-0.4, -0.2) is 9.38 Å². The quantitative estimate of drug-likeness (QED) is 0.178. The van der Waals surface area contributed by atoms with E-state index in [-0.39, 0.29) is 5.56 Å². The maximum Gasteiger partial charge on any atom is 0.281 e. The second kappa shape index (κ2) is 10.5. The van der Waals surface area contributed by atoms with Crippen LogP contribution < -0.4 is 5.56 Å².